The molecule has 2 unspecified atom stereocenters. The van der Waals surface area contributed by atoms with E-state index in [1.165, 1.54) is 12.1 Å². The van der Waals surface area contributed by atoms with Crippen molar-refractivity contribution in [3.8, 4) is 0 Å². The zero-order valence-corrected chi connectivity index (χ0v) is 8.63. The molecule has 0 saturated heterocycles. The second-order valence-corrected chi connectivity index (χ2v) is 3.57. The molecule has 0 radical (unpaired) electrons. The van der Waals surface area contributed by atoms with E-state index < -0.39 is 18.0 Å². The predicted molar refractivity (Wildman–Crippen MR) is 54.6 cm³/mol. The predicted octanol–water partition coefficient (Wildman–Crippen LogP) is 2.25. The summed E-state index contributed by atoms with van der Waals surface area (Å²) in [5.41, 5.74) is 5.77. The molecule has 1 aromatic rings. The monoisotopic (exact) mass is 217 g/mol. The van der Waals surface area contributed by atoms with Crippen molar-refractivity contribution in [2.24, 2.45) is 5.73 Å². The van der Waals surface area contributed by atoms with Crippen molar-refractivity contribution in [3.05, 3.63) is 34.6 Å². The van der Waals surface area contributed by atoms with E-state index >= 15 is 0 Å². The van der Waals surface area contributed by atoms with Gasteiger partial charge in [-0.1, -0.05) is 30.7 Å². The van der Waals surface area contributed by atoms with Gasteiger partial charge in [0.1, 0.15) is 5.82 Å². The van der Waals surface area contributed by atoms with Gasteiger partial charge in [-0.2, -0.15) is 0 Å². The van der Waals surface area contributed by atoms with Crippen molar-refractivity contribution in [3.63, 3.8) is 0 Å². The maximum Gasteiger partial charge on any atom is 0.147 e. The molecule has 0 aliphatic carbocycles. The van der Waals surface area contributed by atoms with Crippen LogP contribution in [0.1, 0.15) is 25.0 Å². The highest BCUT2D eigenvalue weighted by Gasteiger charge is 2.19. The lowest BCUT2D eigenvalue weighted by molar-refractivity contribution is 0.140. The van der Waals surface area contributed by atoms with Gasteiger partial charge < -0.3 is 10.8 Å². The van der Waals surface area contributed by atoms with Gasteiger partial charge in [-0.15, -0.1) is 0 Å². The lowest BCUT2D eigenvalue weighted by Gasteiger charge is -2.18. The average Bonchev–Trinajstić information content (AvgIpc) is 2.20. The van der Waals surface area contributed by atoms with Crippen LogP contribution in [0.2, 0.25) is 5.02 Å². The Labute approximate surface area is 87.5 Å². The van der Waals surface area contributed by atoms with Crippen molar-refractivity contribution in [1.29, 1.82) is 0 Å². The minimum absolute atomic E-state index is 0.00449. The van der Waals surface area contributed by atoms with Crippen molar-refractivity contribution in [1.82, 2.24) is 0 Å². The minimum Gasteiger partial charge on any atom is -0.387 e. The molecule has 0 spiro atoms. The molecule has 4 heteroatoms. The van der Waals surface area contributed by atoms with Crippen LogP contribution in [0.25, 0.3) is 0 Å². The van der Waals surface area contributed by atoms with Gasteiger partial charge in [-0.3, -0.25) is 0 Å². The van der Waals surface area contributed by atoms with E-state index in [9.17, 15) is 9.50 Å². The van der Waals surface area contributed by atoms with Crippen LogP contribution in [0.5, 0.6) is 0 Å². The first kappa shape index (κ1) is 11.4. The molecule has 0 aromatic heterocycles. The Morgan fingerprint density at radius 3 is 2.79 bits per heavy atom. The zero-order chi connectivity index (χ0) is 10.7. The number of benzene rings is 1. The van der Waals surface area contributed by atoms with Crippen LogP contribution in [-0.2, 0) is 0 Å². The van der Waals surface area contributed by atoms with Gasteiger partial charge in [0.05, 0.1) is 11.1 Å². The molecule has 0 fully saturated rings. The SMILES string of the molecule is CCC(N)C(O)c1cccc(Cl)c1F. The number of nitrogens with two attached hydrogens (primary N) is 1. The Bertz CT molecular complexity index is 319. The number of halogens is 2. The largest absolute Gasteiger partial charge is 0.387 e. The lowest BCUT2D eigenvalue weighted by Crippen LogP contribution is -2.28. The Hall–Kier alpha value is -0.640. The zero-order valence-electron chi connectivity index (χ0n) is 7.87. The van der Waals surface area contributed by atoms with Crippen molar-refractivity contribution < 1.29 is 9.50 Å². The second-order valence-electron chi connectivity index (χ2n) is 3.16. The van der Waals surface area contributed by atoms with Gasteiger partial charge in [0, 0.05) is 11.6 Å². The first-order valence-corrected chi connectivity index (χ1v) is 4.83. The molecular weight excluding hydrogens is 205 g/mol. The quantitative estimate of drug-likeness (QED) is 0.816. The summed E-state index contributed by atoms with van der Waals surface area (Å²) >= 11 is 5.58. The van der Waals surface area contributed by atoms with Crippen molar-refractivity contribution in [2.75, 3.05) is 0 Å². The van der Waals surface area contributed by atoms with Gasteiger partial charge in [0.25, 0.3) is 0 Å². The smallest absolute Gasteiger partial charge is 0.147 e. The normalized spacial score (nSPS) is 15.2. The summed E-state index contributed by atoms with van der Waals surface area (Å²) in [6, 6.07) is 4.04. The van der Waals surface area contributed by atoms with Crippen LogP contribution in [0.3, 0.4) is 0 Å². The number of aliphatic hydroxyl groups is 1. The standard InChI is InChI=1S/C10H13ClFNO/c1-2-8(13)10(14)6-4-3-5-7(11)9(6)12/h3-5,8,10,14H,2,13H2,1H3. The summed E-state index contributed by atoms with van der Waals surface area (Å²) in [6.45, 7) is 1.83. The Morgan fingerprint density at radius 2 is 2.21 bits per heavy atom. The molecule has 3 N–H and O–H groups in total. The van der Waals surface area contributed by atoms with Gasteiger partial charge in [0.15, 0.2) is 0 Å². The van der Waals surface area contributed by atoms with Crippen LogP contribution in [-0.4, -0.2) is 11.1 Å². The molecule has 0 aliphatic rings. The first-order chi connectivity index (χ1) is 6.57. The fourth-order valence-electron chi connectivity index (χ4n) is 1.20. The number of hydrogen-bond acceptors (Lipinski definition) is 2. The molecule has 0 bridgehead atoms. The van der Waals surface area contributed by atoms with Gasteiger partial charge in [-0.05, 0) is 12.5 Å². The van der Waals surface area contributed by atoms with Crippen LogP contribution in [0.15, 0.2) is 18.2 Å². The van der Waals surface area contributed by atoms with E-state index in [4.69, 9.17) is 17.3 Å². The van der Waals surface area contributed by atoms with Crippen LogP contribution >= 0.6 is 11.6 Å². The van der Waals surface area contributed by atoms with Gasteiger partial charge in [0.2, 0.25) is 0 Å². The first-order valence-electron chi connectivity index (χ1n) is 4.45. The minimum atomic E-state index is -1.00. The van der Waals surface area contributed by atoms with E-state index in [1.54, 1.807) is 6.07 Å². The third kappa shape index (κ3) is 2.23. The molecule has 0 aliphatic heterocycles. The highest BCUT2D eigenvalue weighted by atomic mass is 35.5. The highest BCUT2D eigenvalue weighted by Crippen LogP contribution is 2.25. The lowest BCUT2D eigenvalue weighted by atomic mass is 10.0. The summed E-state index contributed by atoms with van der Waals surface area (Å²) in [6.07, 6.45) is -0.425. The van der Waals surface area contributed by atoms with Crippen LogP contribution in [0, 0.1) is 5.82 Å². The Morgan fingerprint density at radius 1 is 1.57 bits per heavy atom. The Balaban J connectivity index is 3.01. The summed E-state index contributed by atoms with van der Waals surface area (Å²) < 4.78 is 13.4. The maximum atomic E-state index is 13.4. The van der Waals surface area contributed by atoms with Crippen LogP contribution in [0.4, 0.5) is 4.39 Å². The van der Waals surface area contributed by atoms with E-state index in [-0.39, 0.29) is 10.6 Å². The summed E-state index contributed by atoms with van der Waals surface area (Å²) in [7, 11) is 0. The third-order valence-corrected chi connectivity index (χ3v) is 2.47. The molecule has 78 valence electrons. The molecule has 0 saturated carbocycles. The van der Waals surface area contributed by atoms with E-state index in [2.05, 4.69) is 0 Å². The molecule has 1 aromatic carbocycles. The number of hydrogen-bond donors (Lipinski definition) is 2. The van der Waals surface area contributed by atoms with E-state index in [1.807, 2.05) is 6.92 Å². The molecule has 1 rings (SSSR count). The number of rotatable bonds is 3. The van der Waals surface area contributed by atoms with Crippen molar-refractivity contribution in [2.45, 2.75) is 25.5 Å². The van der Waals surface area contributed by atoms with E-state index in [0.717, 1.165) is 0 Å². The maximum absolute atomic E-state index is 13.4. The second kappa shape index (κ2) is 4.73. The molecule has 2 atom stereocenters. The van der Waals surface area contributed by atoms with Gasteiger partial charge in [-0.25, -0.2) is 4.39 Å². The molecule has 0 heterocycles. The summed E-state index contributed by atoms with van der Waals surface area (Å²) in [5.74, 6) is -0.592. The third-order valence-electron chi connectivity index (χ3n) is 2.18. The Kier molecular flexibility index (Phi) is 3.86. The topological polar surface area (TPSA) is 46.2 Å². The number of aliphatic hydroxyl groups excluding tert-OH is 1. The fourth-order valence-corrected chi connectivity index (χ4v) is 1.38. The summed E-state index contributed by atoms with van der Waals surface area (Å²) in [4.78, 5) is 0. The summed E-state index contributed by atoms with van der Waals surface area (Å²) in [5, 5.41) is 9.68. The molecular formula is C10H13ClFNO. The van der Waals surface area contributed by atoms with Crippen molar-refractivity contribution >= 4 is 11.6 Å². The molecule has 2 nitrogen and oxygen atoms in total. The molecule has 0 amide bonds. The fraction of sp³-hybridized carbons (Fsp3) is 0.400. The molecule has 14 heavy (non-hydrogen) atoms. The highest BCUT2D eigenvalue weighted by molar-refractivity contribution is 6.30. The van der Waals surface area contributed by atoms with E-state index in [0.29, 0.717) is 6.42 Å². The van der Waals surface area contributed by atoms with Gasteiger partial charge >= 0.3 is 0 Å². The average molecular weight is 218 g/mol. The van der Waals surface area contributed by atoms with Crippen LogP contribution < -0.4 is 5.73 Å².